The molecule has 0 radical (unpaired) electrons. The van der Waals surface area contributed by atoms with Crippen LogP contribution in [0.15, 0.2) is 10.7 Å². The number of nitrogens with zero attached hydrogens (tertiary/aromatic N) is 2. The van der Waals surface area contributed by atoms with E-state index in [9.17, 15) is 0 Å². The highest BCUT2D eigenvalue weighted by molar-refractivity contribution is 9.10. The molecule has 1 heterocycles. The Morgan fingerprint density at radius 3 is 2.71 bits per heavy atom. The van der Waals surface area contributed by atoms with E-state index in [2.05, 4.69) is 41.8 Å². The number of nitrogens with two attached hydrogens (primary N) is 1. The maximum atomic E-state index is 6.18. The van der Waals surface area contributed by atoms with Crippen LogP contribution >= 0.6 is 15.9 Å². The molecule has 2 N–H and O–H groups in total. The zero-order valence-electron chi connectivity index (χ0n) is 9.00. The second-order valence-corrected chi connectivity index (χ2v) is 4.46. The molecule has 2 atom stereocenters. The van der Waals surface area contributed by atoms with Crippen molar-refractivity contribution in [1.29, 1.82) is 0 Å². The first-order chi connectivity index (χ1) is 6.61. The van der Waals surface area contributed by atoms with Gasteiger partial charge in [-0.05, 0) is 28.8 Å². The summed E-state index contributed by atoms with van der Waals surface area (Å²) in [6.07, 6.45) is 2.91. The first kappa shape index (κ1) is 11.7. The summed E-state index contributed by atoms with van der Waals surface area (Å²) in [7, 11) is 0. The van der Waals surface area contributed by atoms with Gasteiger partial charge in [0.1, 0.15) is 0 Å². The van der Waals surface area contributed by atoms with Gasteiger partial charge >= 0.3 is 0 Å². The van der Waals surface area contributed by atoms with Crippen LogP contribution in [0.4, 0.5) is 0 Å². The molecule has 0 saturated heterocycles. The summed E-state index contributed by atoms with van der Waals surface area (Å²) in [6, 6.07) is 0.0665. The summed E-state index contributed by atoms with van der Waals surface area (Å²) in [6.45, 7) is 7.27. The molecule has 0 aliphatic heterocycles. The normalized spacial score (nSPS) is 15.5. The third-order valence-corrected chi connectivity index (χ3v) is 3.32. The van der Waals surface area contributed by atoms with E-state index in [0.717, 1.165) is 23.1 Å². The van der Waals surface area contributed by atoms with Crippen LogP contribution in [-0.2, 0) is 6.54 Å². The minimum atomic E-state index is 0.0665. The molecule has 0 aliphatic rings. The van der Waals surface area contributed by atoms with Gasteiger partial charge in [0.15, 0.2) is 0 Å². The quantitative estimate of drug-likeness (QED) is 0.904. The van der Waals surface area contributed by atoms with E-state index in [1.165, 1.54) is 0 Å². The highest BCUT2D eigenvalue weighted by Gasteiger charge is 2.20. The maximum absolute atomic E-state index is 6.18. The van der Waals surface area contributed by atoms with Crippen molar-refractivity contribution in [3.63, 3.8) is 0 Å². The average Bonchev–Trinajstić information content (AvgIpc) is 2.57. The van der Waals surface area contributed by atoms with E-state index < -0.39 is 0 Å². The van der Waals surface area contributed by atoms with E-state index in [-0.39, 0.29) is 6.04 Å². The molecule has 1 aromatic rings. The Kier molecular flexibility index (Phi) is 4.13. The van der Waals surface area contributed by atoms with Crippen LogP contribution in [0.2, 0.25) is 0 Å². The van der Waals surface area contributed by atoms with Gasteiger partial charge in [-0.2, -0.15) is 5.10 Å². The molecule has 3 nitrogen and oxygen atoms in total. The van der Waals surface area contributed by atoms with E-state index in [4.69, 9.17) is 5.73 Å². The van der Waals surface area contributed by atoms with Crippen LogP contribution in [0.25, 0.3) is 0 Å². The van der Waals surface area contributed by atoms with Crippen molar-refractivity contribution in [2.24, 2.45) is 11.7 Å². The molecule has 2 unspecified atom stereocenters. The zero-order valence-corrected chi connectivity index (χ0v) is 10.6. The largest absolute Gasteiger partial charge is 0.322 e. The average molecular weight is 260 g/mol. The fraction of sp³-hybridized carbons (Fsp3) is 0.700. The molecule has 4 heteroatoms. The van der Waals surface area contributed by atoms with Crippen LogP contribution in [0, 0.1) is 5.92 Å². The Morgan fingerprint density at radius 2 is 2.21 bits per heavy atom. The lowest BCUT2D eigenvalue weighted by Crippen LogP contribution is -2.22. The van der Waals surface area contributed by atoms with Crippen molar-refractivity contribution in [3.8, 4) is 0 Å². The van der Waals surface area contributed by atoms with Crippen LogP contribution < -0.4 is 5.73 Å². The number of hydrogen-bond donors (Lipinski definition) is 1. The van der Waals surface area contributed by atoms with Crippen molar-refractivity contribution in [2.45, 2.75) is 39.8 Å². The molecule has 0 fully saturated rings. The van der Waals surface area contributed by atoms with Crippen LogP contribution in [-0.4, -0.2) is 9.78 Å². The van der Waals surface area contributed by atoms with E-state index in [0.29, 0.717) is 5.92 Å². The van der Waals surface area contributed by atoms with E-state index in [1.54, 1.807) is 0 Å². The second kappa shape index (κ2) is 4.94. The molecule has 0 bridgehead atoms. The number of aryl methyl sites for hydroxylation is 1. The molecule has 0 aromatic carbocycles. The number of aromatic nitrogens is 2. The standard InChI is InChI=1S/C10H18BrN3/c1-4-7(3)9(12)10-8(11)6-13-14(10)5-2/h6-7,9H,4-5,12H2,1-3H3. The van der Waals surface area contributed by atoms with Gasteiger partial charge in [-0.15, -0.1) is 0 Å². The summed E-state index contributed by atoms with van der Waals surface area (Å²) >= 11 is 3.49. The van der Waals surface area contributed by atoms with Gasteiger partial charge < -0.3 is 5.73 Å². The molecule has 0 spiro atoms. The van der Waals surface area contributed by atoms with Gasteiger partial charge in [-0.1, -0.05) is 20.3 Å². The fourth-order valence-corrected chi connectivity index (χ4v) is 2.04. The molecular formula is C10H18BrN3. The minimum absolute atomic E-state index is 0.0665. The van der Waals surface area contributed by atoms with Crippen molar-refractivity contribution >= 4 is 15.9 Å². The maximum Gasteiger partial charge on any atom is 0.0696 e. The molecule has 80 valence electrons. The first-order valence-electron chi connectivity index (χ1n) is 5.08. The smallest absolute Gasteiger partial charge is 0.0696 e. The Hall–Kier alpha value is -0.350. The first-order valence-corrected chi connectivity index (χ1v) is 5.87. The van der Waals surface area contributed by atoms with Crippen LogP contribution in [0.5, 0.6) is 0 Å². The highest BCUT2D eigenvalue weighted by atomic mass is 79.9. The Balaban J connectivity index is 2.97. The molecular weight excluding hydrogens is 242 g/mol. The lowest BCUT2D eigenvalue weighted by molar-refractivity contribution is 0.424. The molecule has 0 saturated carbocycles. The van der Waals surface area contributed by atoms with Gasteiger partial charge in [0, 0.05) is 6.54 Å². The lowest BCUT2D eigenvalue weighted by atomic mass is 9.97. The minimum Gasteiger partial charge on any atom is -0.322 e. The van der Waals surface area contributed by atoms with Crippen molar-refractivity contribution in [3.05, 3.63) is 16.4 Å². The lowest BCUT2D eigenvalue weighted by Gasteiger charge is -2.19. The van der Waals surface area contributed by atoms with Crippen molar-refractivity contribution in [2.75, 3.05) is 0 Å². The molecule has 0 aliphatic carbocycles. The summed E-state index contributed by atoms with van der Waals surface area (Å²) in [4.78, 5) is 0. The number of halogens is 1. The van der Waals surface area contributed by atoms with Gasteiger partial charge in [-0.3, -0.25) is 4.68 Å². The Morgan fingerprint density at radius 1 is 1.57 bits per heavy atom. The summed E-state index contributed by atoms with van der Waals surface area (Å²) in [5, 5.41) is 4.26. The van der Waals surface area contributed by atoms with E-state index in [1.807, 2.05) is 10.9 Å². The summed E-state index contributed by atoms with van der Waals surface area (Å²) in [5.41, 5.74) is 7.29. The SMILES string of the molecule is CCC(C)C(N)c1c(Br)cnn1CC. The third kappa shape index (κ3) is 2.17. The fourth-order valence-electron chi connectivity index (χ4n) is 1.48. The summed E-state index contributed by atoms with van der Waals surface area (Å²) < 4.78 is 2.98. The Bertz CT molecular complexity index is 296. The third-order valence-electron chi connectivity index (χ3n) is 2.71. The predicted octanol–water partition coefficient (Wildman–Crippen LogP) is 2.71. The van der Waals surface area contributed by atoms with Gasteiger partial charge in [0.05, 0.1) is 22.4 Å². The van der Waals surface area contributed by atoms with Crippen LogP contribution in [0.3, 0.4) is 0 Å². The number of rotatable bonds is 4. The van der Waals surface area contributed by atoms with Crippen molar-refractivity contribution < 1.29 is 0 Å². The second-order valence-electron chi connectivity index (χ2n) is 3.60. The van der Waals surface area contributed by atoms with Gasteiger partial charge in [0.25, 0.3) is 0 Å². The van der Waals surface area contributed by atoms with Gasteiger partial charge in [-0.25, -0.2) is 0 Å². The van der Waals surface area contributed by atoms with Gasteiger partial charge in [0.2, 0.25) is 0 Å². The Labute approximate surface area is 93.8 Å². The topological polar surface area (TPSA) is 43.8 Å². The predicted molar refractivity (Wildman–Crippen MR) is 62.0 cm³/mol. The molecule has 14 heavy (non-hydrogen) atoms. The van der Waals surface area contributed by atoms with Crippen LogP contribution in [0.1, 0.15) is 38.9 Å². The number of hydrogen-bond acceptors (Lipinski definition) is 2. The van der Waals surface area contributed by atoms with E-state index >= 15 is 0 Å². The highest BCUT2D eigenvalue weighted by Crippen LogP contribution is 2.28. The zero-order chi connectivity index (χ0) is 10.7. The monoisotopic (exact) mass is 259 g/mol. The molecule has 0 amide bonds. The molecule has 1 aromatic heterocycles. The molecule has 1 rings (SSSR count). The summed E-state index contributed by atoms with van der Waals surface area (Å²) in [5.74, 6) is 0.480. The van der Waals surface area contributed by atoms with Crippen molar-refractivity contribution in [1.82, 2.24) is 9.78 Å².